The molecule has 4 fully saturated rings. The fourth-order valence-corrected chi connectivity index (χ4v) is 9.04. The number of hydrogen-bond acceptors (Lipinski definition) is 2. The first kappa shape index (κ1) is 21.8. The van der Waals surface area contributed by atoms with Crippen molar-refractivity contribution in [2.75, 3.05) is 0 Å². The molecule has 0 aliphatic heterocycles. The number of carbonyl (C=O) groups excluding carboxylic acids is 1. The van der Waals surface area contributed by atoms with Crippen LogP contribution in [0.2, 0.25) is 0 Å². The molecule has 2 heteroatoms. The van der Waals surface area contributed by atoms with Crippen molar-refractivity contribution < 1.29 is 9.90 Å². The third-order valence-electron chi connectivity index (χ3n) is 10.6. The predicted molar refractivity (Wildman–Crippen MR) is 119 cm³/mol. The van der Waals surface area contributed by atoms with Gasteiger partial charge in [-0.1, -0.05) is 53.9 Å². The van der Waals surface area contributed by atoms with E-state index in [1.165, 1.54) is 44.9 Å². The molecule has 0 unspecified atom stereocenters. The van der Waals surface area contributed by atoms with Crippen LogP contribution in [0.5, 0.6) is 0 Å². The number of ketones is 1. The van der Waals surface area contributed by atoms with Crippen molar-refractivity contribution in [1.82, 2.24) is 0 Å². The van der Waals surface area contributed by atoms with Crippen molar-refractivity contribution in [3.8, 4) is 0 Å². The first-order valence-electron chi connectivity index (χ1n) is 12.9. The molecule has 4 aliphatic carbocycles. The number of aliphatic hydroxyl groups is 1. The van der Waals surface area contributed by atoms with E-state index in [9.17, 15) is 9.90 Å². The number of rotatable bonds is 5. The summed E-state index contributed by atoms with van der Waals surface area (Å²) in [7, 11) is 0. The van der Waals surface area contributed by atoms with Crippen molar-refractivity contribution in [2.24, 2.45) is 52.3 Å². The molecule has 4 aliphatic rings. The predicted octanol–water partition coefficient (Wildman–Crippen LogP) is 6.65. The summed E-state index contributed by atoms with van der Waals surface area (Å²) >= 11 is 0. The molecule has 0 aromatic carbocycles. The Morgan fingerprint density at radius 2 is 1.66 bits per heavy atom. The average Bonchev–Trinajstić information content (AvgIpc) is 3.00. The third kappa shape index (κ3) is 3.64. The minimum absolute atomic E-state index is 0.129. The molecular weight excluding hydrogens is 356 g/mol. The molecule has 0 aromatic heterocycles. The van der Waals surface area contributed by atoms with Crippen molar-refractivity contribution in [3.63, 3.8) is 0 Å². The maximum Gasteiger partial charge on any atom is 0.136 e. The van der Waals surface area contributed by atoms with Gasteiger partial charge in [0.1, 0.15) is 5.78 Å². The highest BCUT2D eigenvalue weighted by Crippen LogP contribution is 2.67. The van der Waals surface area contributed by atoms with Gasteiger partial charge >= 0.3 is 0 Å². The zero-order valence-corrected chi connectivity index (χ0v) is 19.8. The molecule has 4 rings (SSSR count). The molecular formula is C27H46O2. The molecule has 4 saturated carbocycles. The Kier molecular flexibility index (Phi) is 5.99. The van der Waals surface area contributed by atoms with Crippen LogP contribution in [0.3, 0.4) is 0 Å². The number of fused-ring (bicyclic) bond motifs is 5. The van der Waals surface area contributed by atoms with E-state index in [0.29, 0.717) is 23.0 Å². The van der Waals surface area contributed by atoms with E-state index in [1.807, 2.05) is 0 Å². The summed E-state index contributed by atoms with van der Waals surface area (Å²) in [5, 5.41) is 10.2. The summed E-state index contributed by atoms with van der Waals surface area (Å²) in [6.07, 6.45) is 12.8. The highest BCUT2D eigenvalue weighted by atomic mass is 16.3. The fraction of sp³-hybridized carbons (Fsp3) is 0.963. The topological polar surface area (TPSA) is 37.3 Å². The fourth-order valence-electron chi connectivity index (χ4n) is 9.04. The average molecular weight is 403 g/mol. The number of hydrogen-bond donors (Lipinski definition) is 1. The van der Waals surface area contributed by atoms with Gasteiger partial charge in [-0.2, -0.15) is 0 Å². The molecule has 1 N–H and O–H groups in total. The first-order chi connectivity index (χ1) is 13.7. The van der Waals surface area contributed by atoms with Gasteiger partial charge in [-0.15, -0.1) is 0 Å². The van der Waals surface area contributed by atoms with Crippen LogP contribution < -0.4 is 0 Å². The second-order valence-corrected chi connectivity index (χ2v) is 12.6. The van der Waals surface area contributed by atoms with Crippen LogP contribution in [0.25, 0.3) is 0 Å². The smallest absolute Gasteiger partial charge is 0.136 e. The number of carbonyl (C=O) groups is 1. The molecule has 0 spiro atoms. The van der Waals surface area contributed by atoms with E-state index in [4.69, 9.17) is 0 Å². The normalized spacial score (nSPS) is 48.2. The van der Waals surface area contributed by atoms with Gasteiger partial charge in [0.25, 0.3) is 0 Å². The van der Waals surface area contributed by atoms with Crippen molar-refractivity contribution in [1.29, 1.82) is 0 Å². The van der Waals surface area contributed by atoms with Crippen molar-refractivity contribution >= 4 is 5.78 Å². The molecule has 0 saturated heterocycles. The van der Waals surface area contributed by atoms with E-state index < -0.39 is 0 Å². The van der Waals surface area contributed by atoms with Crippen LogP contribution in [-0.4, -0.2) is 17.0 Å². The highest BCUT2D eigenvalue weighted by Gasteiger charge is 2.62. The summed E-state index contributed by atoms with van der Waals surface area (Å²) in [6.45, 7) is 12.2. The Bertz CT molecular complexity index is 612. The minimum atomic E-state index is -0.245. The maximum absolute atomic E-state index is 13.2. The quantitative estimate of drug-likeness (QED) is 0.559. The second-order valence-electron chi connectivity index (χ2n) is 12.6. The van der Waals surface area contributed by atoms with Crippen molar-refractivity contribution in [2.45, 2.75) is 111 Å². The summed E-state index contributed by atoms with van der Waals surface area (Å²) in [5.74, 6) is 5.21. The molecule has 29 heavy (non-hydrogen) atoms. The zero-order chi connectivity index (χ0) is 21.0. The molecule has 0 aromatic rings. The van der Waals surface area contributed by atoms with Gasteiger partial charge in [0.15, 0.2) is 0 Å². The van der Waals surface area contributed by atoms with Gasteiger partial charge in [0, 0.05) is 12.3 Å². The van der Waals surface area contributed by atoms with Crippen LogP contribution in [-0.2, 0) is 4.79 Å². The minimum Gasteiger partial charge on any atom is -0.393 e. The zero-order valence-electron chi connectivity index (χ0n) is 19.8. The van der Waals surface area contributed by atoms with Gasteiger partial charge in [0.05, 0.1) is 6.10 Å². The van der Waals surface area contributed by atoms with Gasteiger partial charge < -0.3 is 5.11 Å². The van der Waals surface area contributed by atoms with E-state index in [0.717, 1.165) is 49.4 Å². The lowest BCUT2D eigenvalue weighted by atomic mass is 9.44. The van der Waals surface area contributed by atoms with Crippen LogP contribution in [0.4, 0.5) is 0 Å². The summed E-state index contributed by atoms with van der Waals surface area (Å²) in [4.78, 5) is 13.2. The lowest BCUT2D eigenvalue weighted by Gasteiger charge is -2.60. The monoisotopic (exact) mass is 402 g/mol. The van der Waals surface area contributed by atoms with Crippen LogP contribution in [0.15, 0.2) is 0 Å². The number of Topliss-reactive ketones (excluding diaryl/α,β-unsaturated/α-hetero) is 1. The molecule has 166 valence electrons. The highest BCUT2D eigenvalue weighted by molar-refractivity contribution is 5.83. The molecule has 0 bridgehead atoms. The van der Waals surface area contributed by atoms with Crippen LogP contribution in [0.1, 0.15) is 105 Å². The lowest BCUT2D eigenvalue weighted by Crippen LogP contribution is -2.57. The Balaban J connectivity index is 1.50. The van der Waals surface area contributed by atoms with Gasteiger partial charge in [0.2, 0.25) is 0 Å². The molecule has 0 heterocycles. The van der Waals surface area contributed by atoms with Crippen LogP contribution in [0, 0.1) is 52.3 Å². The third-order valence-corrected chi connectivity index (χ3v) is 10.6. The largest absolute Gasteiger partial charge is 0.393 e. The molecule has 0 radical (unpaired) electrons. The maximum atomic E-state index is 13.2. The van der Waals surface area contributed by atoms with Crippen molar-refractivity contribution in [3.05, 3.63) is 0 Å². The Hall–Kier alpha value is -0.370. The molecule has 0 amide bonds. The van der Waals surface area contributed by atoms with E-state index in [2.05, 4.69) is 34.6 Å². The summed E-state index contributed by atoms with van der Waals surface area (Å²) < 4.78 is 0. The number of aliphatic hydroxyl groups excluding tert-OH is 1. The summed E-state index contributed by atoms with van der Waals surface area (Å²) in [5.41, 5.74) is 0.609. The summed E-state index contributed by atoms with van der Waals surface area (Å²) in [6, 6.07) is 0. The van der Waals surface area contributed by atoms with Gasteiger partial charge in [-0.25, -0.2) is 0 Å². The standard InChI is InChI=1S/C27H46O2/c1-17(2)7-6-8-18(3)21-9-10-22-20-16-25(29)24-15-19(28)11-13-27(24,5)23(20)12-14-26(21,22)4/h17-24,28H,6-16H2,1-5H3/t18-,19-,20+,21+,22-,23+,24+,26+,27+/m0/s1. The van der Waals surface area contributed by atoms with Gasteiger partial charge in [-0.3, -0.25) is 4.79 Å². The lowest BCUT2D eigenvalue weighted by molar-refractivity contribution is -0.160. The van der Waals surface area contributed by atoms with E-state index >= 15 is 0 Å². The molecule has 9 atom stereocenters. The van der Waals surface area contributed by atoms with Gasteiger partial charge in [-0.05, 0) is 91.3 Å². The Morgan fingerprint density at radius 1 is 0.966 bits per heavy atom. The molecule has 2 nitrogen and oxygen atoms in total. The first-order valence-corrected chi connectivity index (χ1v) is 12.9. The Morgan fingerprint density at radius 3 is 2.38 bits per heavy atom. The van der Waals surface area contributed by atoms with Crippen LogP contribution >= 0.6 is 0 Å². The SMILES string of the molecule is CC(C)CCC[C@H](C)[C@H]1CC[C@H]2[C@H]3CC(=O)[C@H]4C[C@@H](O)CC[C@]4(C)[C@@H]3CC[C@]12C. The van der Waals surface area contributed by atoms with E-state index in [-0.39, 0.29) is 17.4 Å². The van der Waals surface area contributed by atoms with E-state index in [1.54, 1.807) is 0 Å². The second kappa shape index (κ2) is 7.95. The Labute approximate surface area is 179 Å².